The van der Waals surface area contributed by atoms with Crippen LogP contribution in [0.2, 0.25) is 0 Å². The lowest BCUT2D eigenvalue weighted by atomic mass is 9.90. The Morgan fingerprint density at radius 2 is 2.00 bits per heavy atom. The highest BCUT2D eigenvalue weighted by Gasteiger charge is 2.38. The maximum atomic E-state index is 11.4. The van der Waals surface area contributed by atoms with Crippen LogP contribution in [0.15, 0.2) is 22.7 Å². The van der Waals surface area contributed by atoms with Gasteiger partial charge < -0.3 is 15.1 Å². The van der Waals surface area contributed by atoms with Crippen LogP contribution >= 0.6 is 15.9 Å². The van der Waals surface area contributed by atoms with E-state index in [1.807, 2.05) is 0 Å². The molecule has 2 rings (SSSR count). The standard InChI is InChI=1S/C13H13BrN2O6/c14-8-1-2-9(10(6-8)16(21)22)15-4-3-7(12(17)18)5-11(15)13(19)20/h1-2,6-7,11H,3-5H2,(H,17,18)(H,19,20)/t7-,11-/m1/s1. The van der Waals surface area contributed by atoms with Crippen molar-refractivity contribution in [3.63, 3.8) is 0 Å². The predicted molar refractivity (Wildman–Crippen MR) is 79.9 cm³/mol. The first-order valence-electron chi connectivity index (χ1n) is 6.47. The maximum Gasteiger partial charge on any atom is 0.326 e. The number of hydrogen-bond acceptors (Lipinski definition) is 5. The molecule has 0 bridgehead atoms. The van der Waals surface area contributed by atoms with E-state index >= 15 is 0 Å². The average molecular weight is 373 g/mol. The summed E-state index contributed by atoms with van der Waals surface area (Å²) in [4.78, 5) is 34.5. The van der Waals surface area contributed by atoms with Gasteiger partial charge in [-0.3, -0.25) is 14.9 Å². The molecule has 2 N–H and O–H groups in total. The number of carbonyl (C=O) groups is 2. The number of carboxylic acid groups (broad SMARTS) is 2. The number of nitrogens with zero attached hydrogens (tertiary/aromatic N) is 2. The van der Waals surface area contributed by atoms with E-state index in [4.69, 9.17) is 5.11 Å². The second kappa shape index (κ2) is 6.30. The average Bonchev–Trinajstić information content (AvgIpc) is 2.46. The van der Waals surface area contributed by atoms with Gasteiger partial charge in [0.15, 0.2) is 0 Å². The van der Waals surface area contributed by atoms with Gasteiger partial charge in [0.25, 0.3) is 5.69 Å². The normalized spacial score (nSPS) is 21.4. The largest absolute Gasteiger partial charge is 0.481 e. The smallest absolute Gasteiger partial charge is 0.326 e. The molecule has 0 saturated carbocycles. The SMILES string of the molecule is O=C(O)[C@@H]1CCN(c2ccc(Br)cc2[N+](=O)[O-])[C@@H](C(=O)O)C1. The zero-order valence-electron chi connectivity index (χ0n) is 11.3. The Balaban J connectivity index is 2.41. The predicted octanol–water partition coefficient (Wildman–Crippen LogP) is 2.11. The van der Waals surface area contributed by atoms with Crippen molar-refractivity contribution in [1.82, 2.24) is 0 Å². The maximum absolute atomic E-state index is 11.4. The van der Waals surface area contributed by atoms with Gasteiger partial charge in [-0.1, -0.05) is 15.9 Å². The highest BCUT2D eigenvalue weighted by atomic mass is 79.9. The summed E-state index contributed by atoms with van der Waals surface area (Å²) in [6.07, 6.45) is 0.157. The summed E-state index contributed by atoms with van der Waals surface area (Å²) in [7, 11) is 0. The Kier molecular flexibility index (Phi) is 4.65. The summed E-state index contributed by atoms with van der Waals surface area (Å²) in [6.45, 7) is 0.135. The molecule has 1 heterocycles. The molecule has 8 nitrogen and oxygen atoms in total. The zero-order valence-corrected chi connectivity index (χ0v) is 12.9. The van der Waals surface area contributed by atoms with E-state index in [1.54, 1.807) is 6.07 Å². The Hall–Kier alpha value is -2.16. The molecule has 1 aromatic rings. The van der Waals surface area contributed by atoms with Gasteiger partial charge in [0.05, 0.1) is 10.8 Å². The van der Waals surface area contributed by atoms with Crippen LogP contribution < -0.4 is 4.90 Å². The van der Waals surface area contributed by atoms with Crippen molar-refractivity contribution in [1.29, 1.82) is 0 Å². The van der Waals surface area contributed by atoms with Gasteiger partial charge in [0.1, 0.15) is 11.7 Å². The lowest BCUT2D eigenvalue weighted by Crippen LogP contribution is -2.49. The first-order valence-corrected chi connectivity index (χ1v) is 7.26. The molecule has 9 heteroatoms. The van der Waals surface area contributed by atoms with E-state index in [1.165, 1.54) is 17.0 Å². The molecule has 22 heavy (non-hydrogen) atoms. The lowest BCUT2D eigenvalue weighted by molar-refractivity contribution is -0.384. The Morgan fingerprint density at radius 1 is 1.32 bits per heavy atom. The highest BCUT2D eigenvalue weighted by molar-refractivity contribution is 9.10. The van der Waals surface area contributed by atoms with Crippen LogP contribution in [0.4, 0.5) is 11.4 Å². The Morgan fingerprint density at radius 3 is 2.55 bits per heavy atom. The number of aliphatic carboxylic acids is 2. The van der Waals surface area contributed by atoms with Gasteiger partial charge in [0.2, 0.25) is 0 Å². The number of rotatable bonds is 4. The van der Waals surface area contributed by atoms with Crippen molar-refractivity contribution >= 4 is 39.2 Å². The second-order valence-electron chi connectivity index (χ2n) is 5.00. The molecule has 1 aromatic carbocycles. The van der Waals surface area contributed by atoms with Crippen molar-refractivity contribution in [2.45, 2.75) is 18.9 Å². The van der Waals surface area contributed by atoms with Gasteiger partial charge in [-0.15, -0.1) is 0 Å². The van der Waals surface area contributed by atoms with Crippen molar-refractivity contribution < 1.29 is 24.7 Å². The number of nitro benzene ring substituents is 1. The number of halogens is 1. The molecule has 1 aliphatic rings. The van der Waals surface area contributed by atoms with E-state index < -0.39 is 28.8 Å². The van der Waals surface area contributed by atoms with E-state index in [9.17, 15) is 24.8 Å². The molecular formula is C13H13BrN2O6. The van der Waals surface area contributed by atoms with Crippen molar-refractivity contribution in [2.75, 3.05) is 11.4 Å². The molecule has 118 valence electrons. The van der Waals surface area contributed by atoms with Crippen LogP contribution in [0.25, 0.3) is 0 Å². The van der Waals surface area contributed by atoms with Crippen LogP contribution in [0.1, 0.15) is 12.8 Å². The summed E-state index contributed by atoms with van der Waals surface area (Å²) in [6, 6.07) is 3.26. The highest BCUT2D eigenvalue weighted by Crippen LogP contribution is 2.36. The quantitative estimate of drug-likeness (QED) is 0.612. The summed E-state index contributed by atoms with van der Waals surface area (Å²) in [5, 5.41) is 29.6. The molecule has 0 amide bonds. The summed E-state index contributed by atoms with van der Waals surface area (Å²) in [5.74, 6) is -2.99. The fourth-order valence-electron chi connectivity index (χ4n) is 2.60. The van der Waals surface area contributed by atoms with Gasteiger partial charge in [-0.25, -0.2) is 4.79 Å². The molecule has 0 radical (unpaired) electrons. The van der Waals surface area contributed by atoms with Crippen LogP contribution in [0.5, 0.6) is 0 Å². The van der Waals surface area contributed by atoms with Crippen LogP contribution in [0, 0.1) is 16.0 Å². The first-order chi connectivity index (χ1) is 10.3. The number of piperidine rings is 1. The topological polar surface area (TPSA) is 121 Å². The summed E-state index contributed by atoms with van der Waals surface area (Å²) < 4.78 is 0.509. The van der Waals surface area contributed by atoms with Crippen molar-refractivity contribution in [3.8, 4) is 0 Å². The third-order valence-corrected chi connectivity index (χ3v) is 4.17. The molecule has 1 aliphatic heterocycles. The lowest BCUT2D eigenvalue weighted by Gasteiger charge is -2.37. The van der Waals surface area contributed by atoms with E-state index in [0.29, 0.717) is 4.47 Å². The van der Waals surface area contributed by atoms with Crippen molar-refractivity contribution in [2.24, 2.45) is 5.92 Å². The minimum absolute atomic E-state index is 0.0854. The van der Waals surface area contributed by atoms with Gasteiger partial charge in [-0.2, -0.15) is 0 Å². The molecule has 0 unspecified atom stereocenters. The van der Waals surface area contributed by atoms with Gasteiger partial charge in [0, 0.05) is 17.1 Å². The minimum Gasteiger partial charge on any atom is -0.481 e. The van der Waals surface area contributed by atoms with Crippen LogP contribution in [0.3, 0.4) is 0 Å². The van der Waals surface area contributed by atoms with Crippen LogP contribution in [-0.4, -0.2) is 39.7 Å². The third kappa shape index (κ3) is 3.19. The van der Waals surface area contributed by atoms with Crippen molar-refractivity contribution in [3.05, 3.63) is 32.8 Å². The van der Waals surface area contributed by atoms with E-state index in [0.717, 1.165) is 0 Å². The van der Waals surface area contributed by atoms with Gasteiger partial charge in [-0.05, 0) is 25.0 Å². The molecule has 0 spiro atoms. The van der Waals surface area contributed by atoms with Crippen LogP contribution in [-0.2, 0) is 9.59 Å². The fourth-order valence-corrected chi connectivity index (χ4v) is 2.95. The second-order valence-corrected chi connectivity index (χ2v) is 5.91. The number of carboxylic acids is 2. The fraction of sp³-hybridized carbons (Fsp3) is 0.385. The van der Waals surface area contributed by atoms with E-state index in [2.05, 4.69) is 15.9 Å². The molecule has 0 aromatic heterocycles. The number of hydrogen-bond donors (Lipinski definition) is 2. The van der Waals surface area contributed by atoms with Gasteiger partial charge >= 0.3 is 11.9 Å². The number of benzene rings is 1. The molecule has 2 atom stereocenters. The third-order valence-electron chi connectivity index (χ3n) is 3.68. The number of nitro groups is 1. The monoisotopic (exact) mass is 372 g/mol. The summed E-state index contributed by atoms with van der Waals surface area (Å²) in [5.41, 5.74) is -0.0289. The van der Waals surface area contributed by atoms with E-state index in [-0.39, 0.29) is 30.8 Å². The molecule has 1 saturated heterocycles. The molecule has 0 aliphatic carbocycles. The summed E-state index contributed by atoms with van der Waals surface area (Å²) >= 11 is 3.14. The first kappa shape index (κ1) is 16.2. The Labute approximate surface area is 133 Å². The Bertz CT molecular complexity index is 635. The minimum atomic E-state index is -1.19. The molecular weight excluding hydrogens is 360 g/mol. The number of anilines is 1. The zero-order chi connectivity index (χ0) is 16.4. The molecule has 1 fully saturated rings.